The first kappa shape index (κ1) is 15.0. The van der Waals surface area contributed by atoms with Gasteiger partial charge in [-0.2, -0.15) is 13.2 Å². The van der Waals surface area contributed by atoms with Crippen LogP contribution in [0.25, 0.3) is 10.4 Å². The van der Waals surface area contributed by atoms with Gasteiger partial charge in [0.1, 0.15) is 0 Å². The zero-order chi connectivity index (χ0) is 14.8. The fourth-order valence-corrected chi connectivity index (χ4v) is 2.71. The molecule has 2 nitrogen and oxygen atoms in total. The van der Waals surface area contributed by atoms with E-state index in [1.807, 2.05) is 32.0 Å². The SMILES string of the molecule is CCNCc1ccc(C)c(-c2cnc(C(F)(F)F)s2)c1. The summed E-state index contributed by atoms with van der Waals surface area (Å²) in [5, 5.41) is 2.40. The molecule has 1 aromatic carbocycles. The molecule has 0 saturated heterocycles. The van der Waals surface area contributed by atoms with Crippen molar-refractivity contribution < 1.29 is 13.2 Å². The predicted molar refractivity (Wildman–Crippen MR) is 74.7 cm³/mol. The molecule has 0 aliphatic rings. The van der Waals surface area contributed by atoms with Crippen molar-refractivity contribution in [1.29, 1.82) is 0 Å². The molecule has 0 amide bonds. The standard InChI is InChI=1S/C14H15F3N2S/c1-3-18-7-10-5-4-9(2)11(6-10)12-8-19-13(20-12)14(15,16)17/h4-6,8,18H,3,7H2,1-2H3. The Hall–Kier alpha value is -1.40. The number of nitrogens with one attached hydrogen (secondary N) is 1. The molecule has 0 atom stereocenters. The van der Waals surface area contributed by atoms with Crippen LogP contribution in [0.4, 0.5) is 13.2 Å². The molecule has 20 heavy (non-hydrogen) atoms. The van der Waals surface area contributed by atoms with E-state index in [-0.39, 0.29) is 0 Å². The van der Waals surface area contributed by atoms with Gasteiger partial charge in [0.2, 0.25) is 0 Å². The smallest absolute Gasteiger partial charge is 0.313 e. The molecule has 0 unspecified atom stereocenters. The van der Waals surface area contributed by atoms with Crippen LogP contribution in [0.5, 0.6) is 0 Å². The maximum atomic E-state index is 12.6. The summed E-state index contributed by atoms with van der Waals surface area (Å²) in [6.45, 7) is 5.45. The number of halogens is 3. The van der Waals surface area contributed by atoms with Crippen molar-refractivity contribution in [2.75, 3.05) is 6.54 Å². The molecule has 6 heteroatoms. The van der Waals surface area contributed by atoms with E-state index in [0.717, 1.165) is 23.2 Å². The van der Waals surface area contributed by atoms with Crippen LogP contribution in [-0.2, 0) is 12.7 Å². The van der Waals surface area contributed by atoms with E-state index in [9.17, 15) is 13.2 Å². The Labute approximate surface area is 119 Å². The average Bonchev–Trinajstić information content (AvgIpc) is 2.87. The largest absolute Gasteiger partial charge is 0.443 e. The maximum absolute atomic E-state index is 12.6. The summed E-state index contributed by atoms with van der Waals surface area (Å²) in [5.41, 5.74) is 2.81. The van der Waals surface area contributed by atoms with Crippen molar-refractivity contribution in [2.45, 2.75) is 26.6 Å². The van der Waals surface area contributed by atoms with Gasteiger partial charge in [0.15, 0.2) is 5.01 Å². The van der Waals surface area contributed by atoms with Gasteiger partial charge in [-0.3, -0.25) is 0 Å². The van der Waals surface area contributed by atoms with Gasteiger partial charge in [0.25, 0.3) is 0 Å². The highest BCUT2D eigenvalue weighted by Crippen LogP contribution is 2.37. The van der Waals surface area contributed by atoms with E-state index >= 15 is 0 Å². The summed E-state index contributed by atoms with van der Waals surface area (Å²) >= 11 is 0.683. The molecule has 108 valence electrons. The van der Waals surface area contributed by atoms with Crippen LogP contribution >= 0.6 is 11.3 Å². The molecule has 2 rings (SSSR count). The average molecular weight is 300 g/mol. The lowest BCUT2D eigenvalue weighted by Gasteiger charge is -2.07. The summed E-state index contributed by atoms with van der Waals surface area (Å²) in [4.78, 5) is 4.02. The topological polar surface area (TPSA) is 24.9 Å². The Kier molecular flexibility index (Phi) is 4.45. The number of rotatable bonds is 4. The number of alkyl halides is 3. The van der Waals surface area contributed by atoms with E-state index < -0.39 is 11.2 Å². The van der Waals surface area contributed by atoms with Crippen LogP contribution in [0.15, 0.2) is 24.4 Å². The van der Waals surface area contributed by atoms with E-state index in [4.69, 9.17) is 0 Å². The second kappa shape index (κ2) is 5.93. The predicted octanol–water partition coefficient (Wildman–Crippen LogP) is 4.25. The van der Waals surface area contributed by atoms with E-state index in [2.05, 4.69) is 10.3 Å². The van der Waals surface area contributed by atoms with Crippen LogP contribution in [0.1, 0.15) is 23.1 Å². The lowest BCUT2D eigenvalue weighted by atomic mass is 10.0. The normalized spacial score (nSPS) is 11.8. The van der Waals surface area contributed by atoms with Gasteiger partial charge in [0, 0.05) is 12.7 Å². The highest BCUT2D eigenvalue weighted by molar-refractivity contribution is 7.15. The number of aryl methyl sites for hydroxylation is 1. The molecule has 2 aromatic rings. The fourth-order valence-electron chi connectivity index (χ4n) is 1.84. The van der Waals surface area contributed by atoms with Crippen molar-refractivity contribution in [3.05, 3.63) is 40.5 Å². The summed E-state index contributed by atoms with van der Waals surface area (Å²) in [6, 6.07) is 5.83. The lowest BCUT2D eigenvalue weighted by molar-refractivity contribution is -0.137. The molecule has 1 aromatic heterocycles. The first-order chi connectivity index (χ1) is 9.41. The Bertz CT molecular complexity index is 590. The van der Waals surface area contributed by atoms with Gasteiger partial charge in [-0.15, -0.1) is 11.3 Å². The van der Waals surface area contributed by atoms with Crippen molar-refractivity contribution in [1.82, 2.24) is 10.3 Å². The third-order valence-electron chi connectivity index (χ3n) is 2.89. The Morgan fingerprint density at radius 1 is 1.30 bits per heavy atom. The summed E-state index contributed by atoms with van der Waals surface area (Å²) in [7, 11) is 0. The summed E-state index contributed by atoms with van der Waals surface area (Å²) in [6.07, 6.45) is -3.08. The van der Waals surface area contributed by atoms with Crippen molar-refractivity contribution >= 4 is 11.3 Å². The van der Waals surface area contributed by atoms with Gasteiger partial charge in [-0.05, 0) is 36.2 Å². The third kappa shape index (κ3) is 3.37. The Balaban J connectivity index is 2.34. The maximum Gasteiger partial charge on any atom is 0.443 e. The number of nitrogens with zero attached hydrogens (tertiary/aromatic N) is 1. The third-order valence-corrected chi connectivity index (χ3v) is 3.97. The molecule has 0 aliphatic heterocycles. The first-order valence-electron chi connectivity index (χ1n) is 6.25. The molecule has 0 saturated carbocycles. The van der Waals surface area contributed by atoms with Crippen LogP contribution < -0.4 is 5.32 Å². The lowest BCUT2D eigenvalue weighted by Crippen LogP contribution is -2.11. The molecule has 0 radical (unpaired) electrons. The zero-order valence-electron chi connectivity index (χ0n) is 11.2. The van der Waals surface area contributed by atoms with Gasteiger partial charge < -0.3 is 5.32 Å². The van der Waals surface area contributed by atoms with Crippen LogP contribution in [0.3, 0.4) is 0 Å². The second-order valence-electron chi connectivity index (χ2n) is 4.46. The van der Waals surface area contributed by atoms with Gasteiger partial charge in [-0.25, -0.2) is 4.98 Å². The molecule has 0 aliphatic carbocycles. The molecular formula is C14H15F3N2S. The van der Waals surface area contributed by atoms with E-state index in [1.165, 1.54) is 6.20 Å². The zero-order valence-corrected chi connectivity index (χ0v) is 12.0. The van der Waals surface area contributed by atoms with Crippen molar-refractivity contribution in [3.63, 3.8) is 0 Å². The molecule has 1 N–H and O–H groups in total. The first-order valence-corrected chi connectivity index (χ1v) is 7.07. The number of benzene rings is 1. The van der Waals surface area contributed by atoms with Crippen molar-refractivity contribution in [2.24, 2.45) is 0 Å². The second-order valence-corrected chi connectivity index (χ2v) is 5.49. The Morgan fingerprint density at radius 3 is 2.65 bits per heavy atom. The molecule has 0 fully saturated rings. The summed E-state index contributed by atoms with van der Waals surface area (Å²) < 4.78 is 37.8. The Morgan fingerprint density at radius 2 is 2.05 bits per heavy atom. The number of hydrogen-bond acceptors (Lipinski definition) is 3. The highest BCUT2D eigenvalue weighted by Gasteiger charge is 2.34. The summed E-state index contributed by atoms with van der Waals surface area (Å²) in [5.74, 6) is 0. The van der Waals surface area contributed by atoms with Crippen LogP contribution in [-0.4, -0.2) is 11.5 Å². The highest BCUT2D eigenvalue weighted by atomic mass is 32.1. The van der Waals surface area contributed by atoms with E-state index in [1.54, 1.807) is 0 Å². The number of aromatic nitrogens is 1. The molecule has 0 bridgehead atoms. The number of hydrogen-bond donors (Lipinski definition) is 1. The van der Waals surface area contributed by atoms with Gasteiger partial charge in [-0.1, -0.05) is 19.1 Å². The monoisotopic (exact) mass is 300 g/mol. The molecule has 1 heterocycles. The number of thiazole rings is 1. The quantitative estimate of drug-likeness (QED) is 0.913. The molecular weight excluding hydrogens is 285 g/mol. The molecule has 0 spiro atoms. The van der Waals surface area contributed by atoms with Crippen LogP contribution in [0.2, 0.25) is 0 Å². The van der Waals surface area contributed by atoms with Gasteiger partial charge >= 0.3 is 6.18 Å². The van der Waals surface area contributed by atoms with E-state index in [0.29, 0.717) is 22.8 Å². The minimum absolute atomic E-state index is 0.549. The fraction of sp³-hybridized carbons (Fsp3) is 0.357. The van der Waals surface area contributed by atoms with Gasteiger partial charge in [0.05, 0.1) is 4.88 Å². The minimum Gasteiger partial charge on any atom is -0.313 e. The van der Waals surface area contributed by atoms with Crippen molar-refractivity contribution in [3.8, 4) is 10.4 Å². The van der Waals surface area contributed by atoms with Crippen LogP contribution in [0, 0.1) is 6.92 Å². The minimum atomic E-state index is -4.38.